The van der Waals surface area contributed by atoms with Crippen molar-refractivity contribution in [3.8, 4) is 0 Å². The summed E-state index contributed by atoms with van der Waals surface area (Å²) in [5, 5.41) is 22.6. The van der Waals surface area contributed by atoms with Crippen LogP contribution in [0.15, 0.2) is 23.1 Å². The molecule has 0 aliphatic carbocycles. The van der Waals surface area contributed by atoms with Gasteiger partial charge >= 0.3 is 0 Å². The van der Waals surface area contributed by atoms with Crippen LogP contribution in [0.5, 0.6) is 0 Å². The van der Waals surface area contributed by atoms with E-state index in [1.54, 1.807) is 0 Å². The molecule has 0 saturated heterocycles. The summed E-state index contributed by atoms with van der Waals surface area (Å²) in [4.78, 5) is 1.27. The maximum atomic E-state index is 10.2. The van der Waals surface area contributed by atoms with Crippen LogP contribution in [0.25, 0.3) is 0 Å². The van der Waals surface area contributed by atoms with Crippen LogP contribution in [0, 0.1) is 0 Å². The Kier molecular flexibility index (Phi) is 4.45. The van der Waals surface area contributed by atoms with Gasteiger partial charge in [0.05, 0.1) is 18.8 Å². The molecule has 0 spiro atoms. The molecule has 0 saturated carbocycles. The quantitative estimate of drug-likeness (QED) is 0.741. The first-order chi connectivity index (χ1) is 8.26. The number of fused-ring (bicyclic) bond motifs is 1. The number of rotatable bonds is 5. The number of aliphatic hydroxyl groups excluding tert-OH is 2. The highest BCUT2D eigenvalue weighted by Crippen LogP contribution is 2.33. The Hall–Kier alpha value is -0.550. The largest absolute Gasteiger partial charge is 0.395 e. The van der Waals surface area contributed by atoms with E-state index in [1.807, 2.05) is 24.8 Å². The second kappa shape index (κ2) is 5.87. The van der Waals surface area contributed by atoms with Crippen LogP contribution in [-0.2, 0) is 6.42 Å². The fraction of sp³-hybridized carbons (Fsp3) is 0.538. The first kappa shape index (κ1) is 12.9. The van der Waals surface area contributed by atoms with Gasteiger partial charge in [-0.15, -0.1) is 11.8 Å². The van der Waals surface area contributed by atoms with Crippen LogP contribution in [-0.4, -0.2) is 35.2 Å². The molecule has 2 rings (SSSR count). The molecule has 1 heterocycles. The van der Waals surface area contributed by atoms with Crippen LogP contribution in [0.1, 0.15) is 24.2 Å². The Labute approximate surface area is 106 Å². The van der Waals surface area contributed by atoms with Gasteiger partial charge in [0.15, 0.2) is 0 Å². The van der Waals surface area contributed by atoms with E-state index in [2.05, 4.69) is 17.4 Å². The van der Waals surface area contributed by atoms with Gasteiger partial charge in [-0.1, -0.05) is 19.1 Å². The predicted octanol–water partition coefficient (Wildman–Crippen LogP) is 1.34. The van der Waals surface area contributed by atoms with Gasteiger partial charge in [0.25, 0.3) is 0 Å². The minimum atomic E-state index is -0.647. The summed E-state index contributed by atoms with van der Waals surface area (Å²) >= 11 is 1.84. The van der Waals surface area contributed by atoms with Crippen molar-refractivity contribution >= 4 is 11.8 Å². The van der Waals surface area contributed by atoms with Gasteiger partial charge in [-0.05, 0) is 30.2 Å². The zero-order valence-corrected chi connectivity index (χ0v) is 10.8. The van der Waals surface area contributed by atoms with Crippen LogP contribution in [0.2, 0.25) is 0 Å². The molecule has 1 aromatic rings. The average molecular weight is 253 g/mol. The van der Waals surface area contributed by atoms with E-state index < -0.39 is 6.10 Å². The van der Waals surface area contributed by atoms with Gasteiger partial charge in [0, 0.05) is 10.6 Å². The van der Waals surface area contributed by atoms with Gasteiger partial charge in [-0.3, -0.25) is 0 Å². The molecule has 3 N–H and O–H groups in total. The molecule has 0 bridgehead atoms. The summed E-state index contributed by atoms with van der Waals surface area (Å²) in [6.07, 6.45) is 0.471. The van der Waals surface area contributed by atoms with Gasteiger partial charge < -0.3 is 15.5 Å². The van der Waals surface area contributed by atoms with Crippen molar-refractivity contribution in [1.29, 1.82) is 0 Å². The van der Waals surface area contributed by atoms with E-state index in [-0.39, 0.29) is 12.6 Å². The van der Waals surface area contributed by atoms with E-state index in [0.717, 1.165) is 24.3 Å². The Morgan fingerprint density at radius 1 is 1.47 bits per heavy atom. The maximum absolute atomic E-state index is 10.2. The van der Waals surface area contributed by atoms with E-state index in [4.69, 9.17) is 0 Å². The Bertz CT molecular complexity index is 384. The van der Waals surface area contributed by atoms with Crippen molar-refractivity contribution in [2.75, 3.05) is 18.9 Å². The summed E-state index contributed by atoms with van der Waals surface area (Å²) in [6, 6.07) is 5.82. The Morgan fingerprint density at radius 2 is 2.29 bits per heavy atom. The van der Waals surface area contributed by atoms with Gasteiger partial charge in [-0.2, -0.15) is 0 Å². The number of likely N-dealkylation sites (N-methyl/N-ethyl adjacent to an activating group) is 1. The summed E-state index contributed by atoms with van der Waals surface area (Å²) in [5.74, 6) is 1.13. The molecule has 4 heteroatoms. The molecular weight excluding hydrogens is 234 g/mol. The highest BCUT2D eigenvalue weighted by molar-refractivity contribution is 7.99. The normalized spacial score (nSPS) is 17.8. The van der Waals surface area contributed by atoms with Gasteiger partial charge in [0.2, 0.25) is 0 Å². The van der Waals surface area contributed by atoms with E-state index in [0.29, 0.717) is 0 Å². The van der Waals surface area contributed by atoms with Crippen LogP contribution in [0.4, 0.5) is 0 Å². The van der Waals surface area contributed by atoms with Crippen LogP contribution < -0.4 is 5.32 Å². The fourth-order valence-corrected chi connectivity index (χ4v) is 3.25. The summed E-state index contributed by atoms with van der Waals surface area (Å²) in [7, 11) is 0. The molecule has 1 aliphatic heterocycles. The van der Waals surface area contributed by atoms with Crippen molar-refractivity contribution in [3.63, 3.8) is 0 Å². The standard InChI is InChI=1S/C13H19NO2S/c1-2-14-11(8-15)13(16)10-4-3-9-5-6-17-12(9)7-10/h3-4,7,11,13-16H,2,5-6,8H2,1H3. The van der Waals surface area contributed by atoms with Crippen molar-refractivity contribution in [3.05, 3.63) is 29.3 Å². The van der Waals surface area contributed by atoms with Gasteiger partial charge in [-0.25, -0.2) is 0 Å². The molecule has 0 aromatic heterocycles. The molecule has 3 nitrogen and oxygen atoms in total. The molecule has 0 amide bonds. The summed E-state index contributed by atoms with van der Waals surface area (Å²) in [5.41, 5.74) is 2.26. The third-order valence-corrected chi connectivity index (χ3v) is 4.21. The van der Waals surface area contributed by atoms with Crippen molar-refractivity contribution in [1.82, 2.24) is 5.32 Å². The van der Waals surface area contributed by atoms with Crippen molar-refractivity contribution in [2.24, 2.45) is 0 Å². The molecule has 17 heavy (non-hydrogen) atoms. The zero-order chi connectivity index (χ0) is 12.3. The SMILES string of the molecule is CCNC(CO)C(O)c1ccc2c(c1)SCC2. The molecule has 94 valence electrons. The number of nitrogens with one attached hydrogen (secondary N) is 1. The van der Waals surface area contributed by atoms with E-state index in [1.165, 1.54) is 10.5 Å². The third kappa shape index (κ3) is 2.83. The third-order valence-electron chi connectivity index (χ3n) is 3.11. The fourth-order valence-electron chi connectivity index (χ4n) is 2.14. The highest BCUT2D eigenvalue weighted by Gasteiger charge is 2.21. The molecular formula is C13H19NO2S. The molecule has 1 aromatic carbocycles. The maximum Gasteiger partial charge on any atom is 0.0965 e. The lowest BCUT2D eigenvalue weighted by Crippen LogP contribution is -2.37. The Morgan fingerprint density at radius 3 is 3.00 bits per heavy atom. The molecule has 0 fully saturated rings. The second-order valence-electron chi connectivity index (χ2n) is 4.26. The average Bonchev–Trinajstić information content (AvgIpc) is 2.82. The minimum Gasteiger partial charge on any atom is -0.395 e. The molecule has 2 atom stereocenters. The lowest BCUT2D eigenvalue weighted by atomic mass is 10.0. The zero-order valence-electron chi connectivity index (χ0n) is 10.0. The number of hydrogen-bond donors (Lipinski definition) is 3. The van der Waals surface area contributed by atoms with Crippen molar-refractivity contribution < 1.29 is 10.2 Å². The lowest BCUT2D eigenvalue weighted by molar-refractivity contribution is 0.0909. The second-order valence-corrected chi connectivity index (χ2v) is 5.39. The monoisotopic (exact) mass is 253 g/mol. The predicted molar refractivity (Wildman–Crippen MR) is 70.4 cm³/mol. The topological polar surface area (TPSA) is 52.5 Å². The van der Waals surface area contributed by atoms with Crippen LogP contribution in [0.3, 0.4) is 0 Å². The van der Waals surface area contributed by atoms with E-state index >= 15 is 0 Å². The minimum absolute atomic E-state index is 0.0563. The number of aryl methyl sites for hydroxylation is 1. The van der Waals surface area contributed by atoms with E-state index in [9.17, 15) is 10.2 Å². The first-order valence-corrected chi connectivity index (χ1v) is 7.02. The molecule has 0 radical (unpaired) electrons. The highest BCUT2D eigenvalue weighted by atomic mass is 32.2. The van der Waals surface area contributed by atoms with Crippen molar-refractivity contribution in [2.45, 2.75) is 30.4 Å². The summed E-state index contributed by atoms with van der Waals surface area (Å²) in [6.45, 7) is 2.65. The molecule has 2 unspecified atom stereocenters. The summed E-state index contributed by atoms with van der Waals surface area (Å²) < 4.78 is 0. The molecule has 1 aliphatic rings. The Balaban J connectivity index is 2.15. The van der Waals surface area contributed by atoms with Crippen LogP contribution >= 0.6 is 11.8 Å². The first-order valence-electron chi connectivity index (χ1n) is 6.04. The van der Waals surface area contributed by atoms with Gasteiger partial charge in [0.1, 0.15) is 0 Å². The number of benzene rings is 1. The number of aliphatic hydroxyl groups is 2. The number of hydrogen-bond acceptors (Lipinski definition) is 4. The number of thioether (sulfide) groups is 1. The lowest BCUT2D eigenvalue weighted by Gasteiger charge is -2.22. The smallest absolute Gasteiger partial charge is 0.0965 e.